The number of carbonyl (C=O) groups excluding carboxylic acids is 1. The minimum absolute atomic E-state index is 0. The van der Waals surface area contributed by atoms with Gasteiger partial charge in [-0.25, -0.2) is 9.59 Å². The van der Waals surface area contributed by atoms with E-state index < -0.39 is 5.97 Å². The number of epoxide rings is 1. The van der Waals surface area contributed by atoms with Crippen LogP contribution in [0, 0.1) is 0 Å². The van der Waals surface area contributed by atoms with Gasteiger partial charge in [0.05, 0.1) is 6.61 Å². The van der Waals surface area contributed by atoms with Gasteiger partial charge < -0.3 is 14.6 Å². The first kappa shape index (κ1) is 15.8. The van der Waals surface area contributed by atoms with Crippen LogP contribution in [0.1, 0.15) is 0 Å². The van der Waals surface area contributed by atoms with Gasteiger partial charge in [0.15, 0.2) is 0 Å². The molecule has 1 unspecified atom stereocenters. The van der Waals surface area contributed by atoms with E-state index in [9.17, 15) is 9.59 Å². The number of halogens is 1. The number of rotatable bonds is 4. The van der Waals surface area contributed by atoms with E-state index in [-0.39, 0.29) is 16.8 Å². The molecular formula is C9H13FO5. The fraction of sp³-hybridized carbons (Fsp3) is 0.333. The van der Waals surface area contributed by atoms with E-state index in [1.54, 1.807) is 0 Å². The van der Waals surface area contributed by atoms with Crippen molar-refractivity contribution in [2.75, 3.05) is 13.2 Å². The van der Waals surface area contributed by atoms with Gasteiger partial charge in [0.25, 0.3) is 0 Å². The molecule has 1 saturated heterocycles. The molecule has 1 N–H and O–H groups in total. The van der Waals surface area contributed by atoms with E-state index in [4.69, 9.17) is 9.84 Å². The van der Waals surface area contributed by atoms with Crippen molar-refractivity contribution in [1.29, 1.82) is 0 Å². The van der Waals surface area contributed by atoms with E-state index in [1.807, 2.05) is 0 Å². The summed E-state index contributed by atoms with van der Waals surface area (Å²) in [5, 5.41) is 7.60. The molecule has 0 aliphatic carbocycles. The summed E-state index contributed by atoms with van der Waals surface area (Å²) >= 11 is 0. The Morgan fingerprint density at radius 2 is 1.93 bits per heavy atom. The first-order valence-corrected chi connectivity index (χ1v) is 3.86. The van der Waals surface area contributed by atoms with Crippen LogP contribution in [-0.2, 0) is 19.1 Å². The zero-order valence-electron chi connectivity index (χ0n) is 8.05. The minimum Gasteiger partial charge on any atom is -0.478 e. The van der Waals surface area contributed by atoms with Crippen molar-refractivity contribution in [2.45, 2.75) is 6.10 Å². The van der Waals surface area contributed by atoms with Crippen LogP contribution in [-0.4, -0.2) is 36.4 Å². The van der Waals surface area contributed by atoms with Crippen molar-refractivity contribution in [3.05, 3.63) is 25.3 Å². The summed E-state index contributed by atoms with van der Waals surface area (Å²) in [5.41, 5.74) is 0. The SMILES string of the molecule is C=CC(=O)O.C=CC(=O)OCC1CO1.F. The van der Waals surface area contributed by atoms with Crippen LogP contribution in [0.5, 0.6) is 0 Å². The lowest BCUT2D eigenvalue weighted by atomic mass is 10.5. The van der Waals surface area contributed by atoms with Gasteiger partial charge in [0.1, 0.15) is 12.7 Å². The second-order valence-electron chi connectivity index (χ2n) is 2.33. The Kier molecular flexibility index (Phi) is 9.34. The van der Waals surface area contributed by atoms with Gasteiger partial charge in [0, 0.05) is 12.2 Å². The second-order valence-corrected chi connectivity index (χ2v) is 2.33. The second kappa shape index (κ2) is 8.89. The Morgan fingerprint density at radius 1 is 1.47 bits per heavy atom. The highest BCUT2D eigenvalue weighted by Gasteiger charge is 2.23. The van der Waals surface area contributed by atoms with Crippen LogP contribution in [0.3, 0.4) is 0 Å². The molecule has 5 nitrogen and oxygen atoms in total. The van der Waals surface area contributed by atoms with Crippen LogP contribution < -0.4 is 0 Å². The summed E-state index contributed by atoms with van der Waals surface area (Å²) < 4.78 is 9.42. The third-order valence-electron chi connectivity index (χ3n) is 1.16. The molecule has 0 radical (unpaired) electrons. The fourth-order valence-corrected chi connectivity index (χ4v) is 0.398. The predicted molar refractivity (Wildman–Crippen MR) is 51.2 cm³/mol. The van der Waals surface area contributed by atoms with E-state index in [1.165, 1.54) is 0 Å². The summed E-state index contributed by atoms with van der Waals surface area (Å²) in [7, 11) is 0. The molecule has 1 fully saturated rings. The van der Waals surface area contributed by atoms with Crippen LogP contribution in [0.2, 0.25) is 0 Å². The largest absolute Gasteiger partial charge is 0.478 e. The molecule has 0 aromatic rings. The molecule has 0 bridgehead atoms. The van der Waals surface area contributed by atoms with Crippen molar-refractivity contribution in [2.24, 2.45) is 0 Å². The van der Waals surface area contributed by atoms with Crippen molar-refractivity contribution in [3.8, 4) is 0 Å². The molecule has 0 saturated carbocycles. The molecule has 1 aliphatic rings. The molecule has 86 valence electrons. The maximum atomic E-state index is 10.3. The minimum atomic E-state index is -0.981. The summed E-state index contributed by atoms with van der Waals surface area (Å²) in [5.74, 6) is -1.37. The van der Waals surface area contributed by atoms with Crippen molar-refractivity contribution in [3.63, 3.8) is 0 Å². The average molecular weight is 220 g/mol. The van der Waals surface area contributed by atoms with Crippen molar-refractivity contribution < 1.29 is 28.9 Å². The molecule has 0 spiro atoms. The van der Waals surface area contributed by atoms with Gasteiger partial charge in [-0.3, -0.25) is 4.70 Å². The molecule has 15 heavy (non-hydrogen) atoms. The predicted octanol–water partition coefficient (Wildman–Crippen LogP) is 0.524. The van der Waals surface area contributed by atoms with Crippen molar-refractivity contribution >= 4 is 11.9 Å². The number of ether oxygens (including phenoxy) is 2. The van der Waals surface area contributed by atoms with Gasteiger partial charge in [-0.05, 0) is 0 Å². The van der Waals surface area contributed by atoms with Gasteiger partial charge in [-0.2, -0.15) is 0 Å². The number of carboxylic acid groups (broad SMARTS) is 1. The van der Waals surface area contributed by atoms with E-state index >= 15 is 0 Å². The normalized spacial score (nSPS) is 15.9. The third kappa shape index (κ3) is 12.3. The average Bonchev–Trinajstić information content (AvgIpc) is 2.98. The lowest BCUT2D eigenvalue weighted by molar-refractivity contribution is -0.138. The molecule has 0 aromatic heterocycles. The maximum Gasteiger partial charge on any atom is 0.330 e. The number of hydrogen-bond donors (Lipinski definition) is 1. The molecule has 1 aliphatic heterocycles. The molecular weight excluding hydrogens is 207 g/mol. The smallest absolute Gasteiger partial charge is 0.330 e. The molecule has 0 aromatic carbocycles. The number of aliphatic carboxylic acids is 1. The number of carboxylic acids is 1. The van der Waals surface area contributed by atoms with E-state index in [0.29, 0.717) is 13.2 Å². The van der Waals surface area contributed by atoms with E-state index in [2.05, 4.69) is 17.9 Å². The summed E-state index contributed by atoms with van der Waals surface area (Å²) in [6, 6.07) is 0. The molecule has 1 atom stereocenters. The monoisotopic (exact) mass is 220 g/mol. The number of carbonyl (C=O) groups is 2. The topological polar surface area (TPSA) is 76.1 Å². The quantitative estimate of drug-likeness (QED) is 0.424. The van der Waals surface area contributed by atoms with Crippen molar-refractivity contribution in [1.82, 2.24) is 0 Å². The van der Waals surface area contributed by atoms with Crippen LogP contribution in [0.4, 0.5) is 4.70 Å². The highest BCUT2D eigenvalue weighted by atomic mass is 19.0. The van der Waals surface area contributed by atoms with Crippen LogP contribution >= 0.6 is 0 Å². The number of esters is 1. The highest BCUT2D eigenvalue weighted by Crippen LogP contribution is 2.08. The number of hydrogen-bond acceptors (Lipinski definition) is 4. The maximum absolute atomic E-state index is 10.3. The molecule has 6 heteroatoms. The highest BCUT2D eigenvalue weighted by molar-refractivity contribution is 5.81. The Morgan fingerprint density at radius 3 is 2.20 bits per heavy atom. The Balaban J connectivity index is 0. The Labute approximate surface area is 86.4 Å². The zero-order chi connectivity index (χ0) is 11.0. The van der Waals surface area contributed by atoms with E-state index in [0.717, 1.165) is 12.2 Å². The Bertz CT molecular complexity index is 235. The first-order chi connectivity index (χ1) is 6.60. The third-order valence-corrected chi connectivity index (χ3v) is 1.16. The summed E-state index contributed by atoms with van der Waals surface area (Å²) in [6.45, 7) is 7.28. The standard InChI is InChI=1S/C6H8O3.C3H4O2.FH/c1-2-6(7)9-4-5-3-8-5;1-2-3(4)5;/h2,5H,1,3-4H2;2H,1H2,(H,4,5);1H. The van der Waals surface area contributed by atoms with Gasteiger partial charge in [-0.1, -0.05) is 13.2 Å². The lowest BCUT2D eigenvalue weighted by Crippen LogP contribution is -2.06. The van der Waals surface area contributed by atoms with Gasteiger partial charge in [-0.15, -0.1) is 0 Å². The van der Waals surface area contributed by atoms with Crippen LogP contribution in [0.15, 0.2) is 25.3 Å². The molecule has 0 amide bonds. The summed E-state index contributed by atoms with van der Waals surface area (Å²) in [4.78, 5) is 19.6. The van der Waals surface area contributed by atoms with Gasteiger partial charge in [0.2, 0.25) is 0 Å². The summed E-state index contributed by atoms with van der Waals surface area (Å²) in [6.07, 6.45) is 2.12. The zero-order valence-corrected chi connectivity index (χ0v) is 8.05. The fourth-order valence-electron chi connectivity index (χ4n) is 0.398. The van der Waals surface area contributed by atoms with Gasteiger partial charge >= 0.3 is 11.9 Å². The molecule has 1 heterocycles. The molecule has 1 rings (SSSR count). The van der Waals surface area contributed by atoms with Crippen LogP contribution in [0.25, 0.3) is 0 Å². The Hall–Kier alpha value is -1.69. The first-order valence-electron chi connectivity index (χ1n) is 3.86. The lowest BCUT2D eigenvalue weighted by Gasteiger charge is -1.94.